The summed E-state index contributed by atoms with van der Waals surface area (Å²) >= 11 is 0. The molecule has 1 unspecified atom stereocenters. The molecular weight excluding hydrogens is 384 g/mol. The molecule has 0 bridgehead atoms. The molecule has 3 heterocycles. The van der Waals surface area contributed by atoms with E-state index in [9.17, 15) is 9.59 Å². The van der Waals surface area contributed by atoms with Crippen LogP contribution in [0, 0.1) is 6.92 Å². The quantitative estimate of drug-likeness (QED) is 0.664. The van der Waals surface area contributed by atoms with Gasteiger partial charge in [-0.3, -0.25) is 14.5 Å². The molecule has 0 spiro atoms. The molecule has 2 aromatic heterocycles. The van der Waals surface area contributed by atoms with E-state index in [0.717, 1.165) is 24.6 Å². The molecule has 158 valence electrons. The lowest BCUT2D eigenvalue weighted by Crippen LogP contribution is -2.44. The molecule has 4 rings (SSSR count). The summed E-state index contributed by atoms with van der Waals surface area (Å²) in [6, 6.07) is 11.1. The molecule has 1 N–H and O–H groups in total. The number of nitrogens with zero attached hydrogens (tertiary/aromatic N) is 3. The van der Waals surface area contributed by atoms with E-state index in [-0.39, 0.29) is 23.9 Å². The molecule has 1 aliphatic heterocycles. The molecule has 0 aliphatic carbocycles. The lowest BCUT2D eigenvalue weighted by molar-refractivity contribution is -0.120. The number of ether oxygens (including phenoxy) is 1. The van der Waals surface area contributed by atoms with Crippen LogP contribution in [-0.2, 0) is 23.0 Å². The van der Waals surface area contributed by atoms with E-state index in [1.807, 2.05) is 37.3 Å². The maximum Gasteiger partial charge on any atom is 0.274 e. The van der Waals surface area contributed by atoms with Crippen molar-refractivity contribution in [1.29, 1.82) is 0 Å². The summed E-state index contributed by atoms with van der Waals surface area (Å²) in [5.74, 6) is 1.53. The van der Waals surface area contributed by atoms with Crippen LogP contribution < -0.4 is 10.9 Å². The van der Waals surface area contributed by atoms with E-state index in [0.29, 0.717) is 36.2 Å². The van der Waals surface area contributed by atoms with Gasteiger partial charge >= 0.3 is 0 Å². The van der Waals surface area contributed by atoms with Crippen LogP contribution in [0.25, 0.3) is 10.8 Å². The zero-order valence-corrected chi connectivity index (χ0v) is 17.3. The number of fused-ring (bicyclic) bond motifs is 1. The lowest BCUT2D eigenvalue weighted by Gasteiger charge is -2.33. The van der Waals surface area contributed by atoms with Gasteiger partial charge in [-0.05, 0) is 25.1 Å². The Kier molecular flexibility index (Phi) is 5.96. The largest absolute Gasteiger partial charge is 0.465 e. The van der Waals surface area contributed by atoms with Crippen molar-refractivity contribution in [1.82, 2.24) is 20.0 Å². The molecule has 0 radical (unpaired) electrons. The van der Waals surface area contributed by atoms with Crippen molar-refractivity contribution in [3.8, 4) is 0 Å². The Balaban J connectivity index is 1.50. The number of carbonyl (C=O) groups excluding carboxylic acids is 1. The van der Waals surface area contributed by atoms with Gasteiger partial charge in [0.1, 0.15) is 11.5 Å². The van der Waals surface area contributed by atoms with Crippen molar-refractivity contribution in [2.75, 3.05) is 32.8 Å². The van der Waals surface area contributed by atoms with Crippen LogP contribution >= 0.6 is 0 Å². The zero-order chi connectivity index (χ0) is 21.1. The van der Waals surface area contributed by atoms with Crippen molar-refractivity contribution in [3.05, 3.63) is 64.0 Å². The first-order valence-electron chi connectivity index (χ1n) is 10.1. The number of benzene rings is 1. The van der Waals surface area contributed by atoms with Crippen LogP contribution in [0.2, 0.25) is 0 Å². The number of nitrogens with one attached hydrogen (secondary N) is 1. The average Bonchev–Trinajstić information content (AvgIpc) is 3.19. The SMILES string of the molecule is Cc1ccc(C(CNC(=O)Cc2nn(C)c(=O)c3ccccc23)N2CCOCC2)o1. The number of hydrogen-bond acceptors (Lipinski definition) is 6. The molecule has 3 aromatic rings. The highest BCUT2D eigenvalue weighted by Gasteiger charge is 2.26. The highest BCUT2D eigenvalue weighted by atomic mass is 16.5. The minimum atomic E-state index is -0.171. The summed E-state index contributed by atoms with van der Waals surface area (Å²) in [6.07, 6.45) is 0.0989. The third-order valence-electron chi connectivity index (χ3n) is 5.43. The van der Waals surface area contributed by atoms with E-state index in [1.54, 1.807) is 13.1 Å². The van der Waals surface area contributed by atoms with E-state index < -0.39 is 0 Å². The number of aryl methyl sites for hydroxylation is 2. The molecule has 1 amide bonds. The summed E-state index contributed by atoms with van der Waals surface area (Å²) in [7, 11) is 1.60. The Morgan fingerprint density at radius 3 is 2.60 bits per heavy atom. The molecular formula is C22H26N4O4. The Bertz CT molecular complexity index is 1100. The molecule has 1 aliphatic rings. The van der Waals surface area contributed by atoms with Crippen LogP contribution in [0.4, 0.5) is 0 Å². The van der Waals surface area contributed by atoms with Crippen LogP contribution in [0.5, 0.6) is 0 Å². The van der Waals surface area contributed by atoms with Gasteiger partial charge in [0.2, 0.25) is 5.91 Å². The van der Waals surface area contributed by atoms with Crippen LogP contribution in [-0.4, -0.2) is 53.4 Å². The van der Waals surface area contributed by atoms with E-state index in [2.05, 4.69) is 15.3 Å². The molecule has 1 saturated heterocycles. The fourth-order valence-electron chi connectivity index (χ4n) is 3.86. The molecule has 1 atom stereocenters. The number of amides is 1. The van der Waals surface area contributed by atoms with Crippen molar-refractivity contribution >= 4 is 16.7 Å². The average molecular weight is 410 g/mol. The van der Waals surface area contributed by atoms with Gasteiger partial charge in [0.15, 0.2) is 0 Å². The van der Waals surface area contributed by atoms with Gasteiger partial charge in [0.05, 0.1) is 36.8 Å². The van der Waals surface area contributed by atoms with Crippen LogP contribution in [0.3, 0.4) is 0 Å². The molecule has 1 aromatic carbocycles. The first-order chi connectivity index (χ1) is 14.5. The highest BCUT2D eigenvalue weighted by molar-refractivity contribution is 5.88. The molecule has 8 heteroatoms. The van der Waals surface area contributed by atoms with E-state index >= 15 is 0 Å². The summed E-state index contributed by atoms with van der Waals surface area (Å²) in [5.41, 5.74) is 0.414. The number of furan rings is 1. The number of aromatic nitrogens is 2. The van der Waals surface area contributed by atoms with Gasteiger partial charge in [-0.15, -0.1) is 0 Å². The van der Waals surface area contributed by atoms with Gasteiger partial charge in [-0.25, -0.2) is 4.68 Å². The topological polar surface area (TPSA) is 89.6 Å². The molecule has 1 fully saturated rings. The van der Waals surface area contributed by atoms with Gasteiger partial charge < -0.3 is 14.5 Å². The zero-order valence-electron chi connectivity index (χ0n) is 17.3. The van der Waals surface area contributed by atoms with Crippen molar-refractivity contribution in [2.24, 2.45) is 7.05 Å². The summed E-state index contributed by atoms with van der Waals surface area (Å²) in [6.45, 7) is 5.24. The second-order valence-electron chi connectivity index (χ2n) is 7.51. The predicted octanol–water partition coefficient (Wildman–Crippen LogP) is 1.57. The van der Waals surface area contributed by atoms with Crippen LogP contribution in [0.1, 0.15) is 23.3 Å². The Hall–Kier alpha value is -2.97. The molecule has 0 saturated carbocycles. The monoisotopic (exact) mass is 410 g/mol. The second-order valence-corrected chi connectivity index (χ2v) is 7.51. The Morgan fingerprint density at radius 2 is 1.90 bits per heavy atom. The smallest absolute Gasteiger partial charge is 0.274 e. The van der Waals surface area contributed by atoms with Gasteiger partial charge in [-0.1, -0.05) is 18.2 Å². The standard InChI is InChI=1S/C22H26N4O4/c1-15-7-8-20(30-15)19(26-9-11-29-12-10-26)14-23-21(27)13-18-16-5-3-4-6-17(16)22(28)25(2)24-18/h3-8,19H,9-14H2,1-2H3,(H,23,27). The fourth-order valence-corrected chi connectivity index (χ4v) is 3.86. The number of carbonyl (C=O) groups is 1. The third kappa shape index (κ3) is 4.29. The normalized spacial score (nSPS) is 15.9. The number of rotatable bonds is 6. The van der Waals surface area contributed by atoms with Gasteiger partial charge in [0.25, 0.3) is 5.56 Å². The number of hydrogen-bond donors (Lipinski definition) is 1. The maximum atomic E-state index is 12.8. The maximum absolute atomic E-state index is 12.8. The number of morpholine rings is 1. The minimum absolute atomic E-state index is 0.0589. The van der Waals surface area contributed by atoms with Crippen molar-refractivity contribution in [3.63, 3.8) is 0 Å². The first-order valence-corrected chi connectivity index (χ1v) is 10.1. The Morgan fingerprint density at radius 1 is 1.17 bits per heavy atom. The van der Waals surface area contributed by atoms with E-state index in [4.69, 9.17) is 9.15 Å². The van der Waals surface area contributed by atoms with Gasteiger partial charge in [-0.2, -0.15) is 5.10 Å². The second kappa shape index (κ2) is 8.81. The lowest BCUT2D eigenvalue weighted by atomic mass is 10.1. The molecule has 30 heavy (non-hydrogen) atoms. The first kappa shape index (κ1) is 20.3. The predicted molar refractivity (Wildman–Crippen MR) is 112 cm³/mol. The summed E-state index contributed by atoms with van der Waals surface area (Å²) in [5, 5.41) is 8.62. The van der Waals surface area contributed by atoms with Gasteiger partial charge in [0, 0.05) is 32.1 Å². The molecule has 8 nitrogen and oxygen atoms in total. The highest BCUT2D eigenvalue weighted by Crippen LogP contribution is 2.23. The van der Waals surface area contributed by atoms with E-state index in [1.165, 1.54) is 4.68 Å². The van der Waals surface area contributed by atoms with Crippen molar-refractivity contribution < 1.29 is 13.9 Å². The van der Waals surface area contributed by atoms with Crippen LogP contribution in [0.15, 0.2) is 45.6 Å². The minimum Gasteiger partial charge on any atom is -0.465 e. The summed E-state index contributed by atoms with van der Waals surface area (Å²) in [4.78, 5) is 27.3. The van der Waals surface area contributed by atoms with Crippen molar-refractivity contribution in [2.45, 2.75) is 19.4 Å². The Labute approximate surface area is 174 Å². The summed E-state index contributed by atoms with van der Waals surface area (Å²) < 4.78 is 12.6. The fraction of sp³-hybridized carbons (Fsp3) is 0.409. The third-order valence-corrected chi connectivity index (χ3v) is 5.43.